The molecule has 0 bridgehead atoms. The van der Waals surface area contributed by atoms with Crippen molar-refractivity contribution in [2.45, 2.75) is 45.6 Å². The van der Waals surface area contributed by atoms with Crippen LogP contribution >= 0.6 is 22.7 Å². The van der Waals surface area contributed by atoms with Gasteiger partial charge in [0.05, 0.1) is 21.9 Å². The van der Waals surface area contributed by atoms with Gasteiger partial charge < -0.3 is 5.32 Å². The summed E-state index contributed by atoms with van der Waals surface area (Å²) in [5, 5.41) is 4.20. The molecule has 3 heterocycles. The molecule has 29 heavy (non-hydrogen) atoms. The summed E-state index contributed by atoms with van der Waals surface area (Å²) in [6.45, 7) is 2.34. The van der Waals surface area contributed by atoms with Gasteiger partial charge in [-0.1, -0.05) is 17.4 Å². The Morgan fingerprint density at radius 2 is 2.10 bits per heavy atom. The number of anilines is 1. The number of aromatic nitrogens is 3. The van der Waals surface area contributed by atoms with Gasteiger partial charge in [0.2, 0.25) is 5.91 Å². The summed E-state index contributed by atoms with van der Waals surface area (Å²) in [4.78, 5) is 36.4. The molecule has 1 aliphatic carbocycles. The fraction of sp³-hybridized carbons (Fsp3) is 0.333. The van der Waals surface area contributed by atoms with E-state index in [2.05, 4.69) is 21.4 Å². The standard InChI is InChI=1S/C21H20N4O2S2/c1-12-6-7-14-16(10-12)29-21(23-14)24-17(26)8-9-25-11-22-19-18(20(25)27)13-4-2-3-5-15(13)28-19/h6-7,10-11H,2-5,8-9H2,1H3,(H,23,24,26). The van der Waals surface area contributed by atoms with Crippen LogP contribution in [-0.2, 0) is 24.2 Å². The van der Waals surface area contributed by atoms with E-state index in [0.29, 0.717) is 11.7 Å². The van der Waals surface area contributed by atoms with Crippen LogP contribution in [0, 0.1) is 6.92 Å². The zero-order valence-electron chi connectivity index (χ0n) is 16.0. The molecule has 4 aromatic rings. The minimum atomic E-state index is -0.153. The summed E-state index contributed by atoms with van der Waals surface area (Å²) in [6.07, 6.45) is 6.07. The Labute approximate surface area is 175 Å². The second kappa shape index (κ2) is 7.35. The van der Waals surface area contributed by atoms with Crippen LogP contribution in [0.3, 0.4) is 0 Å². The monoisotopic (exact) mass is 424 g/mol. The number of rotatable bonds is 4. The van der Waals surface area contributed by atoms with Crippen molar-refractivity contribution >= 4 is 54.1 Å². The topological polar surface area (TPSA) is 76.9 Å². The minimum Gasteiger partial charge on any atom is -0.302 e. The van der Waals surface area contributed by atoms with Gasteiger partial charge >= 0.3 is 0 Å². The van der Waals surface area contributed by atoms with Crippen LogP contribution in [0.1, 0.15) is 35.3 Å². The van der Waals surface area contributed by atoms with E-state index >= 15 is 0 Å². The van der Waals surface area contributed by atoms with Crippen LogP contribution in [0.25, 0.3) is 20.4 Å². The Kier molecular flexibility index (Phi) is 4.67. The number of carbonyl (C=O) groups is 1. The summed E-state index contributed by atoms with van der Waals surface area (Å²) in [5.41, 5.74) is 3.19. The van der Waals surface area contributed by atoms with Gasteiger partial charge in [-0.2, -0.15) is 0 Å². The van der Waals surface area contributed by atoms with Gasteiger partial charge in [0.1, 0.15) is 4.83 Å². The Hall–Kier alpha value is -2.58. The number of nitrogens with zero attached hydrogens (tertiary/aromatic N) is 3. The fourth-order valence-electron chi connectivity index (χ4n) is 3.83. The second-order valence-corrected chi connectivity index (χ2v) is 9.54. The molecule has 1 aliphatic rings. The molecule has 0 unspecified atom stereocenters. The van der Waals surface area contributed by atoms with E-state index in [1.165, 1.54) is 28.2 Å². The van der Waals surface area contributed by atoms with Crippen molar-refractivity contribution in [2.75, 3.05) is 5.32 Å². The number of benzene rings is 1. The van der Waals surface area contributed by atoms with Crippen LogP contribution in [0.4, 0.5) is 5.13 Å². The lowest BCUT2D eigenvalue weighted by molar-refractivity contribution is -0.116. The predicted molar refractivity (Wildman–Crippen MR) is 118 cm³/mol. The number of thiophene rings is 1. The highest BCUT2D eigenvalue weighted by molar-refractivity contribution is 7.22. The van der Waals surface area contributed by atoms with E-state index in [-0.39, 0.29) is 17.9 Å². The smallest absolute Gasteiger partial charge is 0.262 e. The molecule has 0 spiro atoms. The van der Waals surface area contributed by atoms with E-state index in [1.807, 2.05) is 19.1 Å². The first kappa shape index (κ1) is 18.4. The number of nitrogens with one attached hydrogen (secondary N) is 1. The maximum atomic E-state index is 13.0. The highest BCUT2D eigenvalue weighted by Crippen LogP contribution is 2.33. The van der Waals surface area contributed by atoms with Crippen LogP contribution in [0.5, 0.6) is 0 Å². The van der Waals surface area contributed by atoms with Crippen LogP contribution in [0.2, 0.25) is 0 Å². The lowest BCUT2D eigenvalue weighted by Crippen LogP contribution is -2.24. The number of hydrogen-bond acceptors (Lipinski definition) is 6. The number of carbonyl (C=O) groups excluding carboxylic acids is 1. The van der Waals surface area contributed by atoms with Gasteiger partial charge in [-0.3, -0.25) is 14.2 Å². The van der Waals surface area contributed by atoms with Gasteiger partial charge in [0, 0.05) is 17.8 Å². The lowest BCUT2D eigenvalue weighted by atomic mass is 9.97. The van der Waals surface area contributed by atoms with Crippen LogP contribution in [-0.4, -0.2) is 20.4 Å². The van der Waals surface area contributed by atoms with E-state index < -0.39 is 0 Å². The largest absolute Gasteiger partial charge is 0.302 e. The Bertz CT molecular complexity index is 1300. The third kappa shape index (κ3) is 3.47. The van der Waals surface area contributed by atoms with Crippen molar-refractivity contribution in [1.29, 1.82) is 0 Å². The van der Waals surface area contributed by atoms with Crippen LogP contribution < -0.4 is 10.9 Å². The number of thiazole rings is 1. The Morgan fingerprint density at radius 1 is 1.24 bits per heavy atom. The summed E-state index contributed by atoms with van der Waals surface area (Å²) in [7, 11) is 0. The molecule has 0 radical (unpaired) electrons. The molecule has 8 heteroatoms. The zero-order valence-corrected chi connectivity index (χ0v) is 17.7. The highest BCUT2D eigenvalue weighted by Gasteiger charge is 2.20. The quantitative estimate of drug-likeness (QED) is 0.530. The van der Waals surface area contributed by atoms with E-state index in [4.69, 9.17) is 0 Å². The predicted octanol–water partition coefficient (Wildman–Crippen LogP) is 4.28. The third-order valence-electron chi connectivity index (χ3n) is 5.31. The molecule has 0 saturated heterocycles. The van der Waals surface area contributed by atoms with Gasteiger partial charge in [0.15, 0.2) is 5.13 Å². The third-order valence-corrected chi connectivity index (χ3v) is 7.45. The molecule has 5 rings (SSSR count). The molecule has 0 aliphatic heterocycles. The molecule has 0 atom stereocenters. The Balaban J connectivity index is 1.32. The fourth-order valence-corrected chi connectivity index (χ4v) is 6.03. The number of amides is 1. The first-order chi connectivity index (χ1) is 14.1. The van der Waals surface area contributed by atoms with Gasteiger partial charge in [-0.25, -0.2) is 9.97 Å². The Morgan fingerprint density at radius 3 is 3.00 bits per heavy atom. The van der Waals surface area contributed by atoms with Crippen molar-refractivity contribution in [3.63, 3.8) is 0 Å². The van der Waals surface area contributed by atoms with Crippen LogP contribution in [0.15, 0.2) is 29.3 Å². The lowest BCUT2D eigenvalue weighted by Gasteiger charge is -2.10. The average molecular weight is 425 g/mol. The summed E-state index contributed by atoms with van der Waals surface area (Å²) >= 11 is 3.10. The molecule has 148 valence electrons. The highest BCUT2D eigenvalue weighted by atomic mass is 32.1. The van der Waals surface area contributed by atoms with Crippen molar-refractivity contribution in [3.05, 3.63) is 50.9 Å². The first-order valence-corrected chi connectivity index (χ1v) is 11.4. The molecular formula is C21H20N4O2S2. The van der Waals surface area contributed by atoms with Gasteiger partial charge in [-0.15, -0.1) is 11.3 Å². The molecule has 0 fully saturated rings. The number of fused-ring (bicyclic) bond motifs is 4. The number of aryl methyl sites for hydroxylation is 4. The molecule has 0 saturated carbocycles. The maximum absolute atomic E-state index is 13.0. The molecule has 1 aromatic carbocycles. The first-order valence-electron chi connectivity index (χ1n) is 9.75. The van der Waals surface area contributed by atoms with E-state index in [1.54, 1.807) is 22.2 Å². The van der Waals surface area contributed by atoms with E-state index in [9.17, 15) is 9.59 Å². The minimum absolute atomic E-state index is 0.0299. The molecule has 6 nitrogen and oxygen atoms in total. The summed E-state index contributed by atoms with van der Waals surface area (Å²) < 4.78 is 2.61. The van der Waals surface area contributed by atoms with Gasteiger partial charge in [0.25, 0.3) is 5.56 Å². The van der Waals surface area contributed by atoms with Gasteiger partial charge in [-0.05, 0) is 55.9 Å². The zero-order chi connectivity index (χ0) is 20.0. The van der Waals surface area contributed by atoms with Crippen molar-refractivity contribution in [1.82, 2.24) is 14.5 Å². The summed E-state index contributed by atoms with van der Waals surface area (Å²) in [5.74, 6) is -0.153. The molecule has 3 aromatic heterocycles. The van der Waals surface area contributed by atoms with Crippen molar-refractivity contribution in [2.24, 2.45) is 0 Å². The summed E-state index contributed by atoms with van der Waals surface area (Å²) in [6, 6.07) is 6.02. The number of hydrogen-bond donors (Lipinski definition) is 1. The van der Waals surface area contributed by atoms with Crippen molar-refractivity contribution < 1.29 is 4.79 Å². The molecular weight excluding hydrogens is 404 g/mol. The average Bonchev–Trinajstić information content (AvgIpc) is 3.27. The van der Waals surface area contributed by atoms with Crippen molar-refractivity contribution in [3.8, 4) is 0 Å². The second-order valence-electron chi connectivity index (χ2n) is 7.42. The molecule has 1 N–H and O–H groups in total. The molecule has 1 amide bonds. The normalized spacial score (nSPS) is 13.7. The maximum Gasteiger partial charge on any atom is 0.262 e. The van der Waals surface area contributed by atoms with E-state index in [0.717, 1.165) is 45.3 Å². The SMILES string of the molecule is Cc1ccc2nc(NC(=O)CCn3cnc4sc5c(c4c3=O)CCCC5)sc2c1.